The number of halogens is 3. The maximum Gasteiger partial charge on any atom is 0.251 e. The third kappa shape index (κ3) is 1.35. The van der Waals surface area contributed by atoms with Gasteiger partial charge in [0.2, 0.25) is 5.82 Å². The molecule has 0 N–H and O–H groups in total. The molecule has 0 aliphatic carbocycles. The molecule has 0 saturated heterocycles. The molecule has 0 radical (unpaired) electrons. The van der Waals surface area contributed by atoms with Crippen LogP contribution in [0.3, 0.4) is 0 Å². The molecular weight excluding hydrogens is 212 g/mol. The zero-order valence-corrected chi connectivity index (χ0v) is 7.54. The Bertz CT molecular complexity index is 456. The standard InChI is InChI=1S/C8H4ClF2N3/c9-5-4-12-8(11)6(10)7(5)14-3-1-2-13-14/h1-4H. The molecule has 3 nitrogen and oxygen atoms in total. The monoisotopic (exact) mass is 215 g/mol. The van der Waals surface area contributed by atoms with Gasteiger partial charge < -0.3 is 0 Å². The van der Waals surface area contributed by atoms with Crippen LogP contribution in [0.1, 0.15) is 0 Å². The normalized spacial score (nSPS) is 10.5. The van der Waals surface area contributed by atoms with Crippen LogP contribution in [0, 0.1) is 11.8 Å². The van der Waals surface area contributed by atoms with Crippen molar-refractivity contribution in [3.05, 3.63) is 41.4 Å². The second-order valence-electron chi connectivity index (χ2n) is 2.51. The van der Waals surface area contributed by atoms with Gasteiger partial charge in [0.25, 0.3) is 5.95 Å². The van der Waals surface area contributed by atoms with Crippen molar-refractivity contribution in [2.24, 2.45) is 0 Å². The van der Waals surface area contributed by atoms with Gasteiger partial charge in [-0.05, 0) is 6.07 Å². The zero-order chi connectivity index (χ0) is 10.1. The lowest BCUT2D eigenvalue weighted by Crippen LogP contribution is -2.03. The van der Waals surface area contributed by atoms with Crippen molar-refractivity contribution in [2.75, 3.05) is 0 Å². The van der Waals surface area contributed by atoms with E-state index in [1.165, 1.54) is 12.4 Å². The van der Waals surface area contributed by atoms with Gasteiger partial charge in [-0.1, -0.05) is 11.6 Å². The molecule has 72 valence electrons. The fourth-order valence-electron chi connectivity index (χ4n) is 1.04. The van der Waals surface area contributed by atoms with Crippen LogP contribution >= 0.6 is 11.6 Å². The molecule has 6 heteroatoms. The summed E-state index contributed by atoms with van der Waals surface area (Å²) in [6.45, 7) is 0. The molecule has 0 amide bonds. The first-order chi connectivity index (χ1) is 6.70. The highest BCUT2D eigenvalue weighted by atomic mass is 35.5. The van der Waals surface area contributed by atoms with Gasteiger partial charge in [-0.3, -0.25) is 0 Å². The summed E-state index contributed by atoms with van der Waals surface area (Å²) in [5, 5.41) is 3.75. The lowest BCUT2D eigenvalue weighted by Gasteiger charge is -2.04. The van der Waals surface area contributed by atoms with E-state index in [1.807, 2.05) is 0 Å². The van der Waals surface area contributed by atoms with E-state index in [9.17, 15) is 8.78 Å². The van der Waals surface area contributed by atoms with E-state index in [4.69, 9.17) is 11.6 Å². The number of nitrogens with zero attached hydrogens (tertiary/aromatic N) is 3. The SMILES string of the molecule is Fc1ncc(Cl)c(-n2cccn2)c1F. The molecule has 0 spiro atoms. The molecule has 0 unspecified atom stereocenters. The van der Waals surface area contributed by atoms with Gasteiger partial charge in [-0.25, -0.2) is 9.67 Å². The highest BCUT2D eigenvalue weighted by molar-refractivity contribution is 6.32. The van der Waals surface area contributed by atoms with Crippen LogP contribution in [-0.2, 0) is 0 Å². The Balaban J connectivity index is 2.69. The summed E-state index contributed by atoms with van der Waals surface area (Å²) in [5.74, 6) is -2.30. The van der Waals surface area contributed by atoms with Gasteiger partial charge in [0.1, 0.15) is 5.69 Å². The minimum Gasteiger partial charge on any atom is -0.236 e. The minimum absolute atomic E-state index is 0.00704. The van der Waals surface area contributed by atoms with Gasteiger partial charge in [0.15, 0.2) is 0 Å². The maximum atomic E-state index is 13.2. The van der Waals surface area contributed by atoms with Crippen LogP contribution in [0.15, 0.2) is 24.7 Å². The Morgan fingerprint density at radius 2 is 2.14 bits per heavy atom. The van der Waals surface area contributed by atoms with Gasteiger partial charge in [0, 0.05) is 12.4 Å². The van der Waals surface area contributed by atoms with Gasteiger partial charge in [-0.2, -0.15) is 13.9 Å². The van der Waals surface area contributed by atoms with E-state index in [1.54, 1.807) is 6.07 Å². The molecule has 0 aliphatic heterocycles. The van der Waals surface area contributed by atoms with E-state index in [2.05, 4.69) is 10.1 Å². The predicted molar refractivity (Wildman–Crippen MR) is 46.3 cm³/mol. The van der Waals surface area contributed by atoms with Crippen molar-refractivity contribution >= 4 is 11.6 Å². The third-order valence-corrected chi connectivity index (χ3v) is 1.92. The average Bonchev–Trinajstić information content (AvgIpc) is 2.65. The lowest BCUT2D eigenvalue weighted by atomic mass is 10.4. The topological polar surface area (TPSA) is 30.7 Å². The van der Waals surface area contributed by atoms with Crippen LogP contribution in [0.25, 0.3) is 5.69 Å². The molecular formula is C8H4ClF2N3. The van der Waals surface area contributed by atoms with Crippen LogP contribution < -0.4 is 0 Å². The first-order valence-corrected chi connectivity index (χ1v) is 4.07. The lowest BCUT2D eigenvalue weighted by molar-refractivity contribution is 0.473. The highest BCUT2D eigenvalue weighted by Crippen LogP contribution is 2.22. The summed E-state index contributed by atoms with van der Waals surface area (Å²) < 4.78 is 27.1. The number of hydrogen-bond donors (Lipinski definition) is 0. The summed E-state index contributed by atoms with van der Waals surface area (Å²) in [7, 11) is 0. The second-order valence-corrected chi connectivity index (χ2v) is 2.92. The Kier molecular flexibility index (Phi) is 2.17. The molecule has 14 heavy (non-hydrogen) atoms. The van der Waals surface area contributed by atoms with Crippen LogP contribution in [0.2, 0.25) is 5.02 Å². The number of rotatable bonds is 1. The molecule has 0 atom stereocenters. The molecule has 0 aromatic carbocycles. The van der Waals surface area contributed by atoms with Crippen molar-refractivity contribution in [3.8, 4) is 5.69 Å². The van der Waals surface area contributed by atoms with Gasteiger partial charge in [0.05, 0.1) is 11.2 Å². The third-order valence-electron chi connectivity index (χ3n) is 1.64. The average molecular weight is 216 g/mol. The number of aromatic nitrogens is 3. The van der Waals surface area contributed by atoms with Crippen molar-refractivity contribution < 1.29 is 8.78 Å². The van der Waals surface area contributed by atoms with E-state index >= 15 is 0 Å². The van der Waals surface area contributed by atoms with Crippen LogP contribution in [0.5, 0.6) is 0 Å². The quantitative estimate of drug-likeness (QED) is 0.683. The summed E-state index contributed by atoms with van der Waals surface area (Å²) in [5.41, 5.74) is -0.135. The molecule has 2 rings (SSSR count). The first-order valence-electron chi connectivity index (χ1n) is 3.69. The number of pyridine rings is 1. The Labute approximate surface area is 82.9 Å². The van der Waals surface area contributed by atoms with Crippen molar-refractivity contribution in [1.82, 2.24) is 14.8 Å². The first kappa shape index (κ1) is 9.08. The molecule has 0 fully saturated rings. The molecule has 0 bridgehead atoms. The fourth-order valence-corrected chi connectivity index (χ4v) is 1.26. The van der Waals surface area contributed by atoms with E-state index < -0.39 is 11.8 Å². The smallest absolute Gasteiger partial charge is 0.236 e. The van der Waals surface area contributed by atoms with E-state index in [0.29, 0.717) is 0 Å². The Morgan fingerprint density at radius 3 is 2.79 bits per heavy atom. The van der Waals surface area contributed by atoms with Crippen molar-refractivity contribution in [3.63, 3.8) is 0 Å². The number of hydrogen-bond acceptors (Lipinski definition) is 2. The summed E-state index contributed by atoms with van der Waals surface area (Å²) in [4.78, 5) is 3.13. The van der Waals surface area contributed by atoms with E-state index in [0.717, 1.165) is 10.9 Å². The largest absolute Gasteiger partial charge is 0.251 e. The summed E-state index contributed by atoms with van der Waals surface area (Å²) in [6.07, 6.45) is 3.94. The second kappa shape index (κ2) is 3.34. The Morgan fingerprint density at radius 1 is 1.36 bits per heavy atom. The van der Waals surface area contributed by atoms with Crippen LogP contribution in [0.4, 0.5) is 8.78 Å². The van der Waals surface area contributed by atoms with Gasteiger partial charge >= 0.3 is 0 Å². The highest BCUT2D eigenvalue weighted by Gasteiger charge is 2.15. The molecule has 2 aromatic rings. The van der Waals surface area contributed by atoms with Crippen LogP contribution in [-0.4, -0.2) is 14.8 Å². The van der Waals surface area contributed by atoms with Crippen molar-refractivity contribution in [1.29, 1.82) is 0 Å². The van der Waals surface area contributed by atoms with E-state index in [-0.39, 0.29) is 10.7 Å². The zero-order valence-electron chi connectivity index (χ0n) is 6.78. The van der Waals surface area contributed by atoms with Gasteiger partial charge in [-0.15, -0.1) is 0 Å². The molecule has 2 heterocycles. The minimum atomic E-state index is -1.19. The predicted octanol–water partition coefficient (Wildman–Crippen LogP) is 2.20. The summed E-state index contributed by atoms with van der Waals surface area (Å²) in [6, 6.07) is 1.58. The Hall–Kier alpha value is -1.49. The molecule has 0 saturated carbocycles. The molecule has 0 aliphatic rings. The summed E-state index contributed by atoms with van der Waals surface area (Å²) >= 11 is 5.66. The molecule has 2 aromatic heterocycles. The van der Waals surface area contributed by atoms with Crippen molar-refractivity contribution in [2.45, 2.75) is 0 Å². The maximum absolute atomic E-state index is 13.2. The fraction of sp³-hybridized carbons (Fsp3) is 0.